The van der Waals surface area contributed by atoms with E-state index in [1.807, 2.05) is 0 Å². The Morgan fingerprint density at radius 3 is 2.42 bits per heavy atom. The van der Waals surface area contributed by atoms with Crippen LogP contribution in [0.15, 0.2) is 12.1 Å². The number of ether oxygens (including phenoxy) is 1. The molecule has 0 aromatic heterocycles. The summed E-state index contributed by atoms with van der Waals surface area (Å²) >= 11 is 0. The number of nitrogens with two attached hydrogens (primary N) is 1. The molecule has 0 heterocycles. The molecule has 1 aliphatic rings. The van der Waals surface area contributed by atoms with Crippen LogP contribution in [-0.4, -0.2) is 19.7 Å². The third-order valence-electron chi connectivity index (χ3n) is 4.29. The molecule has 106 valence electrons. The van der Waals surface area contributed by atoms with E-state index >= 15 is 0 Å². The highest BCUT2D eigenvalue weighted by Gasteiger charge is 2.18. The van der Waals surface area contributed by atoms with Gasteiger partial charge in [-0.15, -0.1) is 0 Å². The van der Waals surface area contributed by atoms with Crippen molar-refractivity contribution in [2.75, 3.05) is 19.0 Å². The van der Waals surface area contributed by atoms with Crippen molar-refractivity contribution < 1.29 is 4.74 Å². The summed E-state index contributed by atoms with van der Waals surface area (Å²) in [5.74, 6) is 1.68. The summed E-state index contributed by atoms with van der Waals surface area (Å²) < 4.78 is 5.46. The highest BCUT2D eigenvalue weighted by Crippen LogP contribution is 2.29. The summed E-state index contributed by atoms with van der Waals surface area (Å²) in [5, 5.41) is 3.55. The van der Waals surface area contributed by atoms with Crippen LogP contribution in [0.5, 0.6) is 5.75 Å². The molecule has 1 aromatic carbocycles. The molecule has 1 fully saturated rings. The van der Waals surface area contributed by atoms with Gasteiger partial charge >= 0.3 is 0 Å². The lowest BCUT2D eigenvalue weighted by molar-refractivity contribution is 0.338. The van der Waals surface area contributed by atoms with Crippen molar-refractivity contribution in [2.45, 2.75) is 45.6 Å². The fourth-order valence-electron chi connectivity index (χ4n) is 2.74. The molecular weight excluding hydrogens is 236 g/mol. The lowest BCUT2D eigenvalue weighted by atomic mass is 9.86. The Hall–Kier alpha value is -1.22. The van der Waals surface area contributed by atoms with E-state index < -0.39 is 0 Å². The monoisotopic (exact) mass is 262 g/mol. The minimum atomic E-state index is 0.424. The van der Waals surface area contributed by atoms with Gasteiger partial charge in [-0.2, -0.15) is 0 Å². The zero-order valence-electron chi connectivity index (χ0n) is 12.3. The van der Waals surface area contributed by atoms with Crippen LogP contribution in [0.4, 0.5) is 5.69 Å². The normalized spacial score (nSPS) is 23.2. The van der Waals surface area contributed by atoms with Crippen LogP contribution in [0, 0.1) is 19.8 Å². The number of nitrogens with one attached hydrogen (secondary N) is 1. The second kappa shape index (κ2) is 6.29. The largest absolute Gasteiger partial charge is 0.495 e. The molecule has 3 nitrogen and oxygen atoms in total. The van der Waals surface area contributed by atoms with Gasteiger partial charge in [-0.3, -0.25) is 0 Å². The fourth-order valence-corrected chi connectivity index (χ4v) is 2.74. The molecule has 0 spiro atoms. The van der Waals surface area contributed by atoms with Crippen molar-refractivity contribution in [1.82, 2.24) is 0 Å². The van der Waals surface area contributed by atoms with Gasteiger partial charge in [0.15, 0.2) is 0 Å². The van der Waals surface area contributed by atoms with Gasteiger partial charge < -0.3 is 15.8 Å². The van der Waals surface area contributed by atoms with E-state index in [2.05, 4.69) is 31.3 Å². The Labute approximate surface area is 116 Å². The van der Waals surface area contributed by atoms with Crippen molar-refractivity contribution in [3.8, 4) is 5.75 Å². The Morgan fingerprint density at radius 2 is 1.79 bits per heavy atom. The summed E-state index contributed by atoms with van der Waals surface area (Å²) in [5.41, 5.74) is 9.63. The van der Waals surface area contributed by atoms with Gasteiger partial charge in [-0.25, -0.2) is 0 Å². The smallest absolute Gasteiger partial charge is 0.142 e. The molecule has 3 N–H and O–H groups in total. The first-order valence-electron chi connectivity index (χ1n) is 7.25. The van der Waals surface area contributed by atoms with Crippen LogP contribution < -0.4 is 15.8 Å². The molecule has 0 aliphatic heterocycles. The van der Waals surface area contributed by atoms with Crippen molar-refractivity contribution in [2.24, 2.45) is 11.7 Å². The summed E-state index contributed by atoms with van der Waals surface area (Å²) in [6.45, 7) is 5.27. The Kier molecular flexibility index (Phi) is 4.70. The summed E-state index contributed by atoms with van der Waals surface area (Å²) in [4.78, 5) is 0. The third-order valence-corrected chi connectivity index (χ3v) is 4.29. The van der Waals surface area contributed by atoms with Crippen LogP contribution in [0.25, 0.3) is 0 Å². The predicted octanol–water partition coefficient (Wildman–Crippen LogP) is 3.24. The van der Waals surface area contributed by atoms with Crippen LogP contribution >= 0.6 is 0 Å². The Morgan fingerprint density at radius 1 is 1.16 bits per heavy atom. The van der Waals surface area contributed by atoms with Crippen molar-refractivity contribution >= 4 is 5.69 Å². The van der Waals surface area contributed by atoms with Gasteiger partial charge in [0.1, 0.15) is 5.75 Å². The van der Waals surface area contributed by atoms with Gasteiger partial charge in [0.05, 0.1) is 12.8 Å². The molecule has 2 rings (SSSR count). The maximum atomic E-state index is 5.95. The van der Waals surface area contributed by atoms with E-state index in [9.17, 15) is 0 Å². The van der Waals surface area contributed by atoms with E-state index in [0.717, 1.165) is 36.7 Å². The molecule has 0 unspecified atom stereocenters. The van der Waals surface area contributed by atoms with Crippen LogP contribution in [0.2, 0.25) is 0 Å². The van der Waals surface area contributed by atoms with Crippen molar-refractivity contribution in [1.29, 1.82) is 0 Å². The molecule has 1 aliphatic carbocycles. The maximum Gasteiger partial charge on any atom is 0.142 e. The number of hydrogen-bond donors (Lipinski definition) is 2. The molecule has 0 amide bonds. The molecule has 0 atom stereocenters. The van der Waals surface area contributed by atoms with Crippen LogP contribution in [0.1, 0.15) is 36.8 Å². The maximum absolute atomic E-state index is 5.95. The summed E-state index contributed by atoms with van der Waals surface area (Å²) in [6.07, 6.45) is 4.80. The highest BCUT2D eigenvalue weighted by molar-refractivity contribution is 5.60. The van der Waals surface area contributed by atoms with Gasteiger partial charge in [0.2, 0.25) is 0 Å². The van der Waals surface area contributed by atoms with Crippen molar-refractivity contribution in [3.63, 3.8) is 0 Å². The van der Waals surface area contributed by atoms with E-state index in [1.54, 1.807) is 7.11 Å². The van der Waals surface area contributed by atoms with E-state index in [1.165, 1.54) is 24.0 Å². The number of hydrogen-bond acceptors (Lipinski definition) is 3. The van der Waals surface area contributed by atoms with Crippen LogP contribution in [0.3, 0.4) is 0 Å². The van der Waals surface area contributed by atoms with Crippen LogP contribution in [-0.2, 0) is 0 Å². The van der Waals surface area contributed by atoms with Gasteiger partial charge in [0, 0.05) is 12.6 Å². The van der Waals surface area contributed by atoms with Crippen molar-refractivity contribution in [3.05, 3.63) is 23.3 Å². The zero-order chi connectivity index (χ0) is 13.8. The molecule has 3 heteroatoms. The van der Waals surface area contributed by atoms with Gasteiger partial charge in [0.25, 0.3) is 0 Å². The summed E-state index contributed by atoms with van der Waals surface area (Å²) in [6, 6.07) is 4.71. The molecule has 19 heavy (non-hydrogen) atoms. The minimum Gasteiger partial charge on any atom is -0.495 e. The predicted molar refractivity (Wildman–Crippen MR) is 80.9 cm³/mol. The molecule has 0 saturated heterocycles. The fraction of sp³-hybridized carbons (Fsp3) is 0.625. The number of rotatable bonds is 4. The Balaban J connectivity index is 1.97. The molecule has 0 radical (unpaired) electrons. The first kappa shape index (κ1) is 14.2. The minimum absolute atomic E-state index is 0.424. The molecular formula is C16H26N2O. The second-order valence-electron chi connectivity index (χ2n) is 5.80. The average Bonchev–Trinajstić information content (AvgIpc) is 2.41. The summed E-state index contributed by atoms with van der Waals surface area (Å²) in [7, 11) is 1.73. The first-order chi connectivity index (χ1) is 9.10. The number of benzene rings is 1. The highest BCUT2D eigenvalue weighted by atomic mass is 16.5. The molecule has 0 bridgehead atoms. The zero-order valence-corrected chi connectivity index (χ0v) is 12.3. The SMILES string of the molecule is COc1cc(C)c(C)cc1NCC1CCC(N)CC1. The van der Waals surface area contributed by atoms with E-state index in [0.29, 0.717) is 6.04 Å². The van der Waals surface area contributed by atoms with E-state index in [-0.39, 0.29) is 0 Å². The van der Waals surface area contributed by atoms with E-state index in [4.69, 9.17) is 10.5 Å². The topological polar surface area (TPSA) is 47.3 Å². The quantitative estimate of drug-likeness (QED) is 0.875. The average molecular weight is 262 g/mol. The molecule has 1 saturated carbocycles. The van der Waals surface area contributed by atoms with Gasteiger partial charge in [-0.05, 0) is 68.7 Å². The number of anilines is 1. The standard InChI is InChI=1S/C16H26N2O/c1-11-8-15(16(19-3)9-12(11)2)18-10-13-4-6-14(17)7-5-13/h8-9,13-14,18H,4-7,10,17H2,1-3H3. The lowest BCUT2D eigenvalue weighted by Crippen LogP contribution is -2.29. The first-order valence-corrected chi connectivity index (χ1v) is 7.25. The van der Waals surface area contributed by atoms with Gasteiger partial charge in [-0.1, -0.05) is 0 Å². The second-order valence-corrected chi connectivity index (χ2v) is 5.80. The third kappa shape index (κ3) is 3.63. The number of methoxy groups -OCH3 is 1. The number of aryl methyl sites for hydroxylation is 2. The Bertz CT molecular complexity index is 423. The molecule has 1 aromatic rings. The lowest BCUT2D eigenvalue weighted by Gasteiger charge is -2.27.